The zero-order chi connectivity index (χ0) is 13.1. The summed E-state index contributed by atoms with van der Waals surface area (Å²) in [6.45, 7) is 3.70. The van der Waals surface area contributed by atoms with Gasteiger partial charge < -0.3 is 9.72 Å². The summed E-state index contributed by atoms with van der Waals surface area (Å²) >= 11 is 0. The van der Waals surface area contributed by atoms with E-state index in [0.717, 1.165) is 16.5 Å². The maximum absolute atomic E-state index is 11.8. The molecular formula is C14H15NO3. The summed E-state index contributed by atoms with van der Waals surface area (Å²) < 4.78 is 4.97. The van der Waals surface area contributed by atoms with E-state index in [0.29, 0.717) is 12.0 Å². The minimum atomic E-state index is -0.307. The van der Waals surface area contributed by atoms with Gasteiger partial charge in [0.25, 0.3) is 5.56 Å². The molecule has 0 saturated carbocycles. The lowest BCUT2D eigenvalue weighted by atomic mass is 10.1. The van der Waals surface area contributed by atoms with Gasteiger partial charge in [0.1, 0.15) is 6.61 Å². The molecule has 18 heavy (non-hydrogen) atoms. The highest BCUT2D eigenvalue weighted by molar-refractivity contribution is 5.79. The van der Waals surface area contributed by atoms with Gasteiger partial charge in [0, 0.05) is 11.9 Å². The zero-order valence-electron chi connectivity index (χ0n) is 10.4. The van der Waals surface area contributed by atoms with Crippen LogP contribution in [-0.2, 0) is 16.1 Å². The van der Waals surface area contributed by atoms with Crippen LogP contribution < -0.4 is 5.56 Å². The monoisotopic (exact) mass is 245 g/mol. The van der Waals surface area contributed by atoms with Crippen LogP contribution in [0.5, 0.6) is 0 Å². The van der Waals surface area contributed by atoms with Crippen molar-refractivity contribution in [1.29, 1.82) is 0 Å². The molecule has 0 fully saturated rings. The summed E-state index contributed by atoms with van der Waals surface area (Å²) in [5, 5.41) is 0.933. The number of benzene rings is 1. The van der Waals surface area contributed by atoms with Crippen molar-refractivity contribution in [2.24, 2.45) is 0 Å². The number of hydrogen-bond acceptors (Lipinski definition) is 3. The Morgan fingerprint density at radius 3 is 2.83 bits per heavy atom. The van der Waals surface area contributed by atoms with Crippen LogP contribution in [0.4, 0.5) is 0 Å². The SMILES string of the molecule is CCC(=O)OCc1cc2ccc(C)cc2[nH]c1=O. The molecule has 4 heteroatoms. The number of aryl methyl sites for hydroxylation is 1. The second-order valence-corrected chi connectivity index (χ2v) is 4.23. The van der Waals surface area contributed by atoms with Crippen molar-refractivity contribution in [2.45, 2.75) is 26.9 Å². The number of H-pyrrole nitrogens is 1. The van der Waals surface area contributed by atoms with Crippen molar-refractivity contribution >= 4 is 16.9 Å². The molecule has 2 aromatic rings. The molecule has 0 aliphatic carbocycles. The predicted octanol–water partition coefficient (Wildman–Crippen LogP) is 2.29. The van der Waals surface area contributed by atoms with Crippen molar-refractivity contribution in [3.05, 3.63) is 45.7 Å². The molecule has 0 amide bonds. The second kappa shape index (κ2) is 5.04. The maximum atomic E-state index is 11.8. The van der Waals surface area contributed by atoms with Crippen LogP contribution in [0.1, 0.15) is 24.5 Å². The quantitative estimate of drug-likeness (QED) is 0.844. The first kappa shape index (κ1) is 12.4. The smallest absolute Gasteiger partial charge is 0.305 e. The van der Waals surface area contributed by atoms with Gasteiger partial charge in [-0.2, -0.15) is 0 Å². The lowest BCUT2D eigenvalue weighted by Gasteiger charge is -2.05. The van der Waals surface area contributed by atoms with Gasteiger partial charge in [0.2, 0.25) is 0 Å². The third kappa shape index (κ3) is 2.59. The molecule has 2 rings (SSSR count). The van der Waals surface area contributed by atoms with Gasteiger partial charge >= 0.3 is 5.97 Å². The fourth-order valence-electron chi connectivity index (χ4n) is 1.73. The summed E-state index contributed by atoms with van der Waals surface area (Å²) in [4.78, 5) is 25.7. The van der Waals surface area contributed by atoms with Crippen LogP contribution in [0.3, 0.4) is 0 Å². The second-order valence-electron chi connectivity index (χ2n) is 4.23. The summed E-state index contributed by atoms with van der Waals surface area (Å²) in [5.74, 6) is -0.307. The van der Waals surface area contributed by atoms with Gasteiger partial charge in [-0.1, -0.05) is 19.1 Å². The topological polar surface area (TPSA) is 59.2 Å². The molecule has 0 bridgehead atoms. The van der Waals surface area contributed by atoms with E-state index in [1.54, 1.807) is 13.0 Å². The third-order valence-electron chi connectivity index (χ3n) is 2.76. The fraction of sp³-hybridized carbons (Fsp3) is 0.286. The number of nitrogens with one attached hydrogen (secondary N) is 1. The molecule has 1 N–H and O–H groups in total. The summed E-state index contributed by atoms with van der Waals surface area (Å²) in [7, 11) is 0. The van der Waals surface area contributed by atoms with E-state index in [9.17, 15) is 9.59 Å². The van der Waals surface area contributed by atoms with Gasteiger partial charge in [-0.25, -0.2) is 0 Å². The molecule has 1 heterocycles. The number of hydrogen-bond donors (Lipinski definition) is 1. The number of rotatable bonds is 3. The molecule has 0 unspecified atom stereocenters. The van der Waals surface area contributed by atoms with Crippen molar-refractivity contribution in [2.75, 3.05) is 0 Å². The third-order valence-corrected chi connectivity index (χ3v) is 2.76. The number of aromatic nitrogens is 1. The summed E-state index contributed by atoms with van der Waals surface area (Å²) in [5.41, 5.74) is 2.14. The van der Waals surface area contributed by atoms with E-state index >= 15 is 0 Å². The van der Waals surface area contributed by atoms with Gasteiger partial charge in [0.05, 0.1) is 5.56 Å². The Labute approximate surface area is 105 Å². The number of carbonyl (C=O) groups excluding carboxylic acids is 1. The van der Waals surface area contributed by atoms with Crippen molar-refractivity contribution in [1.82, 2.24) is 4.98 Å². The molecular weight excluding hydrogens is 230 g/mol. The molecule has 0 spiro atoms. The molecule has 4 nitrogen and oxygen atoms in total. The standard InChI is InChI=1S/C14H15NO3/c1-3-13(16)18-8-11-7-10-5-4-9(2)6-12(10)15-14(11)17/h4-7H,3,8H2,1-2H3,(H,15,17). The highest BCUT2D eigenvalue weighted by Crippen LogP contribution is 2.13. The fourth-order valence-corrected chi connectivity index (χ4v) is 1.73. The van der Waals surface area contributed by atoms with Crippen molar-refractivity contribution in [3.63, 3.8) is 0 Å². The maximum Gasteiger partial charge on any atom is 0.305 e. The Kier molecular flexibility index (Phi) is 3.46. The van der Waals surface area contributed by atoms with E-state index in [-0.39, 0.29) is 18.1 Å². The van der Waals surface area contributed by atoms with Gasteiger partial charge in [-0.05, 0) is 30.0 Å². The Morgan fingerprint density at radius 2 is 2.11 bits per heavy atom. The minimum absolute atomic E-state index is 0.0197. The van der Waals surface area contributed by atoms with E-state index in [1.807, 2.05) is 25.1 Å². The summed E-state index contributed by atoms with van der Waals surface area (Å²) in [6.07, 6.45) is 0.310. The van der Waals surface area contributed by atoms with E-state index in [1.165, 1.54) is 0 Å². The Hall–Kier alpha value is -2.10. The van der Waals surface area contributed by atoms with Gasteiger partial charge in [-0.3, -0.25) is 9.59 Å². The zero-order valence-corrected chi connectivity index (χ0v) is 10.4. The lowest BCUT2D eigenvalue weighted by Crippen LogP contribution is -2.15. The molecule has 94 valence electrons. The Balaban J connectivity index is 2.35. The normalized spacial score (nSPS) is 10.6. The average Bonchev–Trinajstić information content (AvgIpc) is 2.35. The van der Waals surface area contributed by atoms with Crippen LogP contribution >= 0.6 is 0 Å². The molecule has 1 aromatic carbocycles. The minimum Gasteiger partial charge on any atom is -0.461 e. The van der Waals surface area contributed by atoms with Crippen LogP contribution in [0.2, 0.25) is 0 Å². The lowest BCUT2D eigenvalue weighted by molar-refractivity contribution is -0.144. The predicted molar refractivity (Wildman–Crippen MR) is 69.4 cm³/mol. The van der Waals surface area contributed by atoms with Crippen LogP contribution in [0.15, 0.2) is 29.1 Å². The van der Waals surface area contributed by atoms with Crippen molar-refractivity contribution < 1.29 is 9.53 Å². The van der Waals surface area contributed by atoms with Gasteiger partial charge in [0.15, 0.2) is 0 Å². The Bertz CT molecular complexity index is 643. The average molecular weight is 245 g/mol. The molecule has 0 aliphatic rings. The largest absolute Gasteiger partial charge is 0.461 e. The number of carbonyl (C=O) groups is 1. The molecule has 0 saturated heterocycles. The summed E-state index contributed by atoms with van der Waals surface area (Å²) in [6, 6.07) is 7.59. The number of ether oxygens (including phenoxy) is 1. The van der Waals surface area contributed by atoms with Crippen molar-refractivity contribution in [3.8, 4) is 0 Å². The molecule has 0 atom stereocenters. The molecule has 0 radical (unpaired) electrons. The first-order valence-corrected chi connectivity index (χ1v) is 5.88. The first-order chi connectivity index (χ1) is 8.60. The number of fused-ring (bicyclic) bond motifs is 1. The van der Waals surface area contributed by atoms with E-state index in [2.05, 4.69) is 4.98 Å². The Morgan fingerprint density at radius 1 is 1.33 bits per heavy atom. The highest BCUT2D eigenvalue weighted by atomic mass is 16.5. The first-order valence-electron chi connectivity index (χ1n) is 5.88. The van der Waals surface area contributed by atoms with Crippen LogP contribution in [0.25, 0.3) is 10.9 Å². The highest BCUT2D eigenvalue weighted by Gasteiger charge is 2.06. The van der Waals surface area contributed by atoms with Crippen LogP contribution in [-0.4, -0.2) is 11.0 Å². The number of aromatic amines is 1. The molecule has 0 aliphatic heterocycles. The number of pyridine rings is 1. The van der Waals surface area contributed by atoms with Crippen LogP contribution in [0, 0.1) is 6.92 Å². The van der Waals surface area contributed by atoms with Gasteiger partial charge in [-0.15, -0.1) is 0 Å². The molecule has 1 aromatic heterocycles. The van der Waals surface area contributed by atoms with E-state index in [4.69, 9.17) is 4.74 Å². The van der Waals surface area contributed by atoms with E-state index < -0.39 is 0 Å². The number of esters is 1.